The second-order valence-corrected chi connectivity index (χ2v) is 5.94. The lowest BCUT2D eigenvalue weighted by atomic mass is 10.1. The Bertz CT molecular complexity index is 718. The van der Waals surface area contributed by atoms with E-state index in [4.69, 9.17) is 11.6 Å². The number of amides is 2. The lowest BCUT2D eigenvalue weighted by Crippen LogP contribution is -2.52. The highest BCUT2D eigenvalue weighted by Crippen LogP contribution is 2.18. The zero-order valence-corrected chi connectivity index (χ0v) is 13.4. The third kappa shape index (κ3) is 3.71. The quantitative estimate of drug-likeness (QED) is 0.869. The summed E-state index contributed by atoms with van der Waals surface area (Å²) in [4.78, 5) is 28.0. The third-order valence-electron chi connectivity index (χ3n) is 3.89. The van der Waals surface area contributed by atoms with Crippen molar-refractivity contribution >= 4 is 29.1 Å². The van der Waals surface area contributed by atoms with Crippen LogP contribution in [-0.4, -0.2) is 36.3 Å². The van der Waals surface area contributed by atoms with Gasteiger partial charge in [0.05, 0.1) is 6.42 Å². The van der Waals surface area contributed by atoms with Crippen LogP contribution in [-0.2, 0) is 16.0 Å². The number of carbonyl (C=O) groups excluding carboxylic acids is 2. The number of halogens is 1. The van der Waals surface area contributed by atoms with Gasteiger partial charge in [-0.1, -0.05) is 41.9 Å². The molecule has 2 aromatic carbocycles. The Balaban J connectivity index is 1.63. The van der Waals surface area contributed by atoms with E-state index in [1.54, 1.807) is 21.9 Å². The summed E-state index contributed by atoms with van der Waals surface area (Å²) in [5.74, 6) is -0.102. The molecule has 1 aliphatic rings. The number of benzene rings is 2. The van der Waals surface area contributed by atoms with Crippen LogP contribution in [0.1, 0.15) is 5.56 Å². The number of nitrogens with zero attached hydrogens (tertiary/aromatic N) is 2. The van der Waals surface area contributed by atoms with Gasteiger partial charge in [0.25, 0.3) is 0 Å². The van der Waals surface area contributed by atoms with Crippen molar-refractivity contribution in [2.45, 2.75) is 6.42 Å². The zero-order valence-electron chi connectivity index (χ0n) is 12.6. The first-order chi connectivity index (χ1) is 11.1. The van der Waals surface area contributed by atoms with E-state index in [9.17, 15) is 9.59 Å². The minimum atomic E-state index is -0.0538. The van der Waals surface area contributed by atoms with Crippen LogP contribution in [0.5, 0.6) is 0 Å². The summed E-state index contributed by atoms with van der Waals surface area (Å²) in [6.45, 7) is 1.18. The van der Waals surface area contributed by atoms with Gasteiger partial charge in [-0.05, 0) is 29.8 Å². The van der Waals surface area contributed by atoms with Gasteiger partial charge in [-0.2, -0.15) is 0 Å². The number of hydrogen-bond donors (Lipinski definition) is 0. The minimum absolute atomic E-state index is 0.0478. The average Bonchev–Trinajstić information content (AvgIpc) is 2.55. The predicted octanol–water partition coefficient (Wildman–Crippen LogP) is 2.76. The number of rotatable bonds is 3. The van der Waals surface area contributed by atoms with Crippen molar-refractivity contribution in [2.24, 2.45) is 0 Å². The molecule has 23 heavy (non-hydrogen) atoms. The minimum Gasteiger partial charge on any atom is -0.331 e. The fourth-order valence-corrected chi connectivity index (χ4v) is 2.91. The van der Waals surface area contributed by atoms with Crippen LogP contribution < -0.4 is 4.90 Å². The van der Waals surface area contributed by atoms with Gasteiger partial charge in [0.1, 0.15) is 6.54 Å². The summed E-state index contributed by atoms with van der Waals surface area (Å²) in [7, 11) is 0. The molecule has 3 rings (SSSR count). The van der Waals surface area contributed by atoms with Crippen molar-refractivity contribution in [3.8, 4) is 0 Å². The Morgan fingerprint density at radius 3 is 2.52 bits per heavy atom. The van der Waals surface area contributed by atoms with Crippen molar-refractivity contribution in [3.05, 3.63) is 65.2 Å². The lowest BCUT2D eigenvalue weighted by Gasteiger charge is -2.34. The molecule has 0 aromatic heterocycles. The van der Waals surface area contributed by atoms with E-state index in [-0.39, 0.29) is 24.8 Å². The maximum atomic E-state index is 12.4. The molecule has 118 valence electrons. The van der Waals surface area contributed by atoms with Gasteiger partial charge in [0, 0.05) is 23.8 Å². The average molecular weight is 329 g/mol. The van der Waals surface area contributed by atoms with Gasteiger partial charge in [0.15, 0.2) is 0 Å². The highest BCUT2D eigenvalue weighted by Gasteiger charge is 2.27. The maximum Gasteiger partial charge on any atom is 0.246 e. The number of carbonyl (C=O) groups is 2. The van der Waals surface area contributed by atoms with Crippen molar-refractivity contribution in [1.82, 2.24) is 4.90 Å². The maximum absolute atomic E-state index is 12.4. The van der Waals surface area contributed by atoms with Crippen molar-refractivity contribution in [1.29, 1.82) is 0 Å². The van der Waals surface area contributed by atoms with Crippen LogP contribution in [0, 0.1) is 0 Å². The van der Waals surface area contributed by atoms with E-state index in [1.807, 2.05) is 42.5 Å². The summed E-state index contributed by atoms with van der Waals surface area (Å²) in [6, 6.07) is 16.8. The fourth-order valence-electron chi connectivity index (χ4n) is 2.70. The number of piperazine rings is 1. The molecule has 0 spiro atoms. The molecule has 2 aromatic rings. The van der Waals surface area contributed by atoms with Gasteiger partial charge in [0.2, 0.25) is 11.8 Å². The summed E-state index contributed by atoms with van der Waals surface area (Å²) in [5, 5.41) is 0.611. The molecule has 0 atom stereocenters. The largest absolute Gasteiger partial charge is 0.331 e. The predicted molar refractivity (Wildman–Crippen MR) is 90.5 cm³/mol. The van der Waals surface area contributed by atoms with E-state index in [2.05, 4.69) is 0 Å². The molecule has 0 aliphatic carbocycles. The Labute approximate surface area is 140 Å². The topological polar surface area (TPSA) is 40.6 Å². The van der Waals surface area contributed by atoms with Gasteiger partial charge in [-0.25, -0.2) is 0 Å². The molecule has 0 bridgehead atoms. The molecule has 0 unspecified atom stereocenters. The van der Waals surface area contributed by atoms with E-state index >= 15 is 0 Å². The molecule has 5 heteroatoms. The molecule has 1 aliphatic heterocycles. The lowest BCUT2D eigenvalue weighted by molar-refractivity contribution is -0.136. The number of hydrogen-bond acceptors (Lipinski definition) is 2. The fraction of sp³-hybridized carbons (Fsp3) is 0.222. The molecule has 0 N–H and O–H groups in total. The molecular formula is C18H17ClN2O2. The summed E-state index contributed by atoms with van der Waals surface area (Å²) in [5.41, 5.74) is 1.74. The van der Waals surface area contributed by atoms with Gasteiger partial charge in [-0.15, -0.1) is 0 Å². The second-order valence-electron chi connectivity index (χ2n) is 5.50. The smallest absolute Gasteiger partial charge is 0.246 e. The van der Waals surface area contributed by atoms with Crippen LogP contribution in [0.2, 0.25) is 5.02 Å². The molecule has 1 fully saturated rings. The Morgan fingerprint density at radius 2 is 1.83 bits per heavy atom. The van der Waals surface area contributed by atoms with E-state index < -0.39 is 0 Å². The molecule has 1 heterocycles. The van der Waals surface area contributed by atoms with Crippen LogP contribution in [0.3, 0.4) is 0 Å². The SMILES string of the molecule is O=C(Cc1cccc(Cl)c1)N1CCN(c2ccccc2)C(=O)C1. The highest BCUT2D eigenvalue weighted by atomic mass is 35.5. The van der Waals surface area contributed by atoms with Crippen molar-refractivity contribution in [2.75, 3.05) is 24.5 Å². The van der Waals surface area contributed by atoms with Crippen LogP contribution in [0.4, 0.5) is 5.69 Å². The van der Waals surface area contributed by atoms with E-state index in [0.717, 1.165) is 11.3 Å². The molecule has 1 saturated heterocycles. The second kappa shape index (κ2) is 6.84. The first-order valence-electron chi connectivity index (χ1n) is 7.51. The van der Waals surface area contributed by atoms with E-state index in [1.165, 1.54) is 0 Å². The molecular weight excluding hydrogens is 312 g/mol. The number of para-hydroxylation sites is 1. The van der Waals surface area contributed by atoms with E-state index in [0.29, 0.717) is 18.1 Å². The van der Waals surface area contributed by atoms with Crippen LogP contribution in [0.15, 0.2) is 54.6 Å². The summed E-state index contributed by atoms with van der Waals surface area (Å²) < 4.78 is 0. The van der Waals surface area contributed by atoms with Crippen LogP contribution >= 0.6 is 11.6 Å². The van der Waals surface area contributed by atoms with Gasteiger partial charge >= 0.3 is 0 Å². The first-order valence-corrected chi connectivity index (χ1v) is 7.89. The van der Waals surface area contributed by atoms with Crippen molar-refractivity contribution in [3.63, 3.8) is 0 Å². The molecule has 2 amide bonds. The van der Waals surface area contributed by atoms with Crippen LogP contribution in [0.25, 0.3) is 0 Å². The number of anilines is 1. The normalized spacial score (nSPS) is 14.9. The third-order valence-corrected chi connectivity index (χ3v) is 4.12. The highest BCUT2D eigenvalue weighted by molar-refractivity contribution is 6.30. The van der Waals surface area contributed by atoms with Gasteiger partial charge in [-0.3, -0.25) is 9.59 Å². The molecule has 0 radical (unpaired) electrons. The monoisotopic (exact) mass is 328 g/mol. The Hall–Kier alpha value is -2.33. The Morgan fingerprint density at radius 1 is 1.04 bits per heavy atom. The zero-order chi connectivity index (χ0) is 16.2. The summed E-state index contributed by atoms with van der Waals surface area (Å²) in [6.07, 6.45) is 0.263. The standard InChI is InChI=1S/C18H17ClN2O2/c19-15-6-4-5-14(11-15)12-17(22)20-9-10-21(18(23)13-20)16-7-2-1-3-8-16/h1-8,11H,9-10,12-13H2. The van der Waals surface area contributed by atoms with Gasteiger partial charge < -0.3 is 9.80 Å². The molecule has 0 saturated carbocycles. The molecule has 4 nitrogen and oxygen atoms in total. The van der Waals surface area contributed by atoms with Crippen molar-refractivity contribution < 1.29 is 9.59 Å². The summed E-state index contributed by atoms with van der Waals surface area (Å²) >= 11 is 5.94. The first kappa shape index (κ1) is 15.6. The Kier molecular flexibility index (Phi) is 4.63.